The van der Waals surface area contributed by atoms with Crippen LogP contribution in [0.15, 0.2) is 24.3 Å². The Balaban J connectivity index is 2.18. The van der Waals surface area contributed by atoms with Crippen LogP contribution >= 0.6 is 0 Å². The Kier molecular flexibility index (Phi) is 5.04. The van der Waals surface area contributed by atoms with E-state index in [4.69, 9.17) is 0 Å². The van der Waals surface area contributed by atoms with Crippen LogP contribution < -0.4 is 0 Å². The molecule has 1 aromatic rings. The molecule has 0 amide bonds. The Morgan fingerprint density at radius 3 is 2.48 bits per heavy atom. The van der Waals surface area contributed by atoms with Crippen molar-refractivity contribution in [2.75, 3.05) is 13.1 Å². The molecule has 3 heteroatoms. The van der Waals surface area contributed by atoms with Gasteiger partial charge in [-0.1, -0.05) is 38.1 Å². The first-order valence-corrected chi connectivity index (χ1v) is 8.02. The lowest BCUT2D eigenvalue weighted by Gasteiger charge is -2.42. The molecule has 1 heterocycles. The summed E-state index contributed by atoms with van der Waals surface area (Å²) in [6, 6.07) is 8.37. The molecule has 0 spiro atoms. The van der Waals surface area contributed by atoms with Crippen LogP contribution in [0.2, 0.25) is 0 Å². The molecule has 116 valence electrons. The average Bonchev–Trinajstić information content (AvgIpc) is 2.47. The molecule has 21 heavy (non-hydrogen) atoms. The molecule has 1 aliphatic rings. The van der Waals surface area contributed by atoms with E-state index in [1.54, 1.807) is 0 Å². The average molecular weight is 289 g/mol. The van der Waals surface area contributed by atoms with Crippen LogP contribution in [0.5, 0.6) is 0 Å². The number of likely N-dealkylation sites (tertiary alicyclic amines) is 1. The highest BCUT2D eigenvalue weighted by atomic mass is 16.4. The van der Waals surface area contributed by atoms with Crippen LogP contribution in [-0.2, 0) is 17.6 Å². The largest absolute Gasteiger partial charge is 0.480 e. The number of piperidine rings is 1. The van der Waals surface area contributed by atoms with Gasteiger partial charge in [0.25, 0.3) is 0 Å². The second-order valence-electron chi connectivity index (χ2n) is 6.62. The number of carboxylic acids is 1. The summed E-state index contributed by atoms with van der Waals surface area (Å²) in [5, 5.41) is 9.79. The van der Waals surface area contributed by atoms with E-state index in [1.165, 1.54) is 12.0 Å². The van der Waals surface area contributed by atoms with Gasteiger partial charge in [-0.2, -0.15) is 0 Å². The van der Waals surface area contributed by atoms with Gasteiger partial charge in [-0.25, -0.2) is 0 Å². The summed E-state index contributed by atoms with van der Waals surface area (Å²) in [5.74, 6) is -0.129. The molecule has 0 bridgehead atoms. The van der Waals surface area contributed by atoms with Gasteiger partial charge in [0.05, 0.1) is 0 Å². The molecule has 1 aromatic carbocycles. The fourth-order valence-electron chi connectivity index (χ4n) is 3.25. The molecule has 1 saturated heterocycles. The summed E-state index contributed by atoms with van der Waals surface area (Å²) >= 11 is 0. The Labute approximate surface area is 128 Å². The third-order valence-electron chi connectivity index (χ3n) is 4.80. The van der Waals surface area contributed by atoms with E-state index in [0.29, 0.717) is 12.3 Å². The maximum absolute atomic E-state index is 11.9. The Bertz CT molecular complexity index is 482. The van der Waals surface area contributed by atoms with Crippen molar-refractivity contribution in [3.05, 3.63) is 35.4 Å². The first-order valence-electron chi connectivity index (χ1n) is 8.02. The lowest BCUT2D eigenvalue weighted by atomic mass is 9.87. The third kappa shape index (κ3) is 3.65. The molecule has 3 nitrogen and oxygen atoms in total. The number of hydrogen-bond donors (Lipinski definition) is 1. The zero-order valence-electron chi connectivity index (χ0n) is 13.4. The molecule has 0 aromatic heterocycles. The Hall–Kier alpha value is -1.35. The second-order valence-corrected chi connectivity index (χ2v) is 6.62. The van der Waals surface area contributed by atoms with Crippen LogP contribution in [0.3, 0.4) is 0 Å². The lowest BCUT2D eigenvalue weighted by molar-refractivity contribution is -0.151. The standard InChI is InChI=1S/C18H27NO2/c1-4-15-7-9-16(10-8-15)12-18(3,17(20)21)19-11-5-6-14(2)13-19/h7-10,14H,4-6,11-13H2,1-3H3,(H,20,21). The fourth-order valence-corrected chi connectivity index (χ4v) is 3.25. The molecule has 0 saturated carbocycles. The predicted molar refractivity (Wildman–Crippen MR) is 85.5 cm³/mol. The highest BCUT2D eigenvalue weighted by molar-refractivity contribution is 5.78. The minimum absolute atomic E-state index is 0.568. The van der Waals surface area contributed by atoms with Crippen LogP contribution in [0.25, 0.3) is 0 Å². The molecule has 1 aliphatic heterocycles. The minimum atomic E-state index is -0.803. The first-order chi connectivity index (χ1) is 9.95. The Morgan fingerprint density at radius 2 is 1.95 bits per heavy atom. The zero-order chi connectivity index (χ0) is 15.5. The maximum Gasteiger partial charge on any atom is 0.324 e. The van der Waals surface area contributed by atoms with Crippen molar-refractivity contribution in [2.45, 2.75) is 52.0 Å². The Morgan fingerprint density at radius 1 is 1.33 bits per heavy atom. The smallest absolute Gasteiger partial charge is 0.324 e. The van der Waals surface area contributed by atoms with E-state index >= 15 is 0 Å². The van der Waals surface area contributed by atoms with Crippen molar-refractivity contribution in [1.82, 2.24) is 4.90 Å². The van der Waals surface area contributed by atoms with E-state index < -0.39 is 11.5 Å². The maximum atomic E-state index is 11.9. The van der Waals surface area contributed by atoms with Crippen molar-refractivity contribution >= 4 is 5.97 Å². The van der Waals surface area contributed by atoms with Gasteiger partial charge in [-0.05, 0) is 49.8 Å². The van der Waals surface area contributed by atoms with Gasteiger partial charge in [-0.15, -0.1) is 0 Å². The van der Waals surface area contributed by atoms with E-state index in [9.17, 15) is 9.90 Å². The number of carboxylic acid groups (broad SMARTS) is 1. The lowest BCUT2D eigenvalue weighted by Crippen LogP contribution is -2.56. The number of benzene rings is 1. The third-order valence-corrected chi connectivity index (χ3v) is 4.80. The van der Waals surface area contributed by atoms with Crippen molar-refractivity contribution < 1.29 is 9.90 Å². The summed E-state index contributed by atoms with van der Waals surface area (Å²) in [6.45, 7) is 7.99. The van der Waals surface area contributed by atoms with E-state index in [1.807, 2.05) is 6.92 Å². The van der Waals surface area contributed by atoms with E-state index in [2.05, 4.69) is 43.0 Å². The van der Waals surface area contributed by atoms with E-state index in [0.717, 1.165) is 31.5 Å². The normalized spacial score (nSPS) is 22.7. The van der Waals surface area contributed by atoms with Crippen LogP contribution in [0.1, 0.15) is 44.7 Å². The number of rotatable bonds is 5. The van der Waals surface area contributed by atoms with Gasteiger partial charge in [0.15, 0.2) is 0 Å². The molecule has 2 rings (SSSR count). The molecule has 1 N–H and O–H groups in total. The molecule has 0 radical (unpaired) electrons. The van der Waals surface area contributed by atoms with Gasteiger partial charge in [-0.3, -0.25) is 9.69 Å². The monoisotopic (exact) mass is 289 g/mol. The van der Waals surface area contributed by atoms with Gasteiger partial charge in [0.1, 0.15) is 5.54 Å². The fraction of sp³-hybridized carbons (Fsp3) is 0.611. The van der Waals surface area contributed by atoms with Gasteiger partial charge >= 0.3 is 5.97 Å². The zero-order valence-corrected chi connectivity index (χ0v) is 13.4. The molecule has 1 fully saturated rings. The number of carbonyl (C=O) groups is 1. The van der Waals surface area contributed by atoms with Gasteiger partial charge in [0, 0.05) is 13.0 Å². The molecule has 2 unspecified atom stereocenters. The highest BCUT2D eigenvalue weighted by Gasteiger charge is 2.41. The number of aryl methyl sites for hydroxylation is 1. The van der Waals surface area contributed by atoms with Crippen molar-refractivity contribution in [3.63, 3.8) is 0 Å². The van der Waals surface area contributed by atoms with Crippen LogP contribution in [-0.4, -0.2) is 34.6 Å². The van der Waals surface area contributed by atoms with Crippen LogP contribution in [0.4, 0.5) is 0 Å². The predicted octanol–water partition coefficient (Wildman–Crippen LogP) is 3.37. The number of aliphatic carboxylic acids is 1. The highest BCUT2D eigenvalue weighted by Crippen LogP contribution is 2.27. The van der Waals surface area contributed by atoms with Crippen LogP contribution in [0, 0.1) is 5.92 Å². The van der Waals surface area contributed by atoms with Gasteiger partial charge in [0.2, 0.25) is 0 Å². The van der Waals surface area contributed by atoms with Crippen molar-refractivity contribution in [3.8, 4) is 0 Å². The number of nitrogens with zero attached hydrogens (tertiary/aromatic N) is 1. The molecule has 0 aliphatic carbocycles. The topological polar surface area (TPSA) is 40.5 Å². The summed E-state index contributed by atoms with van der Waals surface area (Å²) in [4.78, 5) is 14.1. The summed E-state index contributed by atoms with van der Waals surface area (Å²) in [6.07, 6.45) is 3.88. The first kappa shape index (κ1) is 16.0. The summed E-state index contributed by atoms with van der Waals surface area (Å²) < 4.78 is 0. The van der Waals surface area contributed by atoms with Gasteiger partial charge < -0.3 is 5.11 Å². The number of hydrogen-bond acceptors (Lipinski definition) is 2. The summed E-state index contributed by atoms with van der Waals surface area (Å²) in [7, 11) is 0. The van der Waals surface area contributed by atoms with Crippen molar-refractivity contribution in [1.29, 1.82) is 0 Å². The summed E-state index contributed by atoms with van der Waals surface area (Å²) in [5.41, 5.74) is 1.60. The minimum Gasteiger partial charge on any atom is -0.480 e. The molecular weight excluding hydrogens is 262 g/mol. The quantitative estimate of drug-likeness (QED) is 0.903. The van der Waals surface area contributed by atoms with E-state index in [-0.39, 0.29) is 0 Å². The SMILES string of the molecule is CCc1ccc(CC(C)(C(=O)O)N2CCCC(C)C2)cc1. The second kappa shape index (κ2) is 6.61. The van der Waals surface area contributed by atoms with Crippen molar-refractivity contribution in [2.24, 2.45) is 5.92 Å². The molecular formula is C18H27NO2. The molecule has 2 atom stereocenters.